The van der Waals surface area contributed by atoms with Crippen molar-refractivity contribution in [3.05, 3.63) is 16.1 Å². The van der Waals surface area contributed by atoms with Crippen LogP contribution in [-0.2, 0) is 16.6 Å². The standard InChI is InChI=1S/C13H23N3O2S2/c1-4-15-20(17,18)12-5-6-16(9-12)8-11-7-14-13(19-11)10(2)3/h7,10,12,15H,4-6,8-9H2,1-3H3/t12-/m1/s1. The van der Waals surface area contributed by atoms with Gasteiger partial charge in [-0.15, -0.1) is 11.3 Å². The maximum absolute atomic E-state index is 12.0. The van der Waals surface area contributed by atoms with Crippen molar-refractivity contribution in [1.82, 2.24) is 14.6 Å². The number of likely N-dealkylation sites (tertiary alicyclic amines) is 1. The number of sulfonamides is 1. The number of hydrogen-bond acceptors (Lipinski definition) is 5. The lowest BCUT2D eigenvalue weighted by Gasteiger charge is -2.15. The van der Waals surface area contributed by atoms with Gasteiger partial charge in [0.1, 0.15) is 0 Å². The average Bonchev–Trinajstić information content (AvgIpc) is 2.98. The van der Waals surface area contributed by atoms with Crippen LogP contribution in [-0.4, -0.2) is 43.2 Å². The van der Waals surface area contributed by atoms with E-state index in [0.717, 1.165) is 18.1 Å². The van der Waals surface area contributed by atoms with E-state index in [2.05, 4.69) is 28.5 Å². The first-order valence-corrected chi connectivity index (χ1v) is 9.44. The topological polar surface area (TPSA) is 62.3 Å². The maximum Gasteiger partial charge on any atom is 0.215 e. The first-order chi connectivity index (χ1) is 9.42. The predicted octanol–water partition coefficient (Wildman–Crippen LogP) is 1.78. The van der Waals surface area contributed by atoms with Crippen LogP contribution in [0.3, 0.4) is 0 Å². The molecule has 0 unspecified atom stereocenters. The number of aromatic nitrogens is 1. The molecule has 1 aromatic heterocycles. The molecule has 0 aromatic carbocycles. The second-order valence-corrected chi connectivity index (χ2v) is 8.70. The highest BCUT2D eigenvalue weighted by atomic mass is 32.2. The molecule has 1 fully saturated rings. The Morgan fingerprint density at radius 2 is 2.30 bits per heavy atom. The molecular formula is C13H23N3O2S2. The molecule has 0 bridgehead atoms. The maximum atomic E-state index is 12.0. The Labute approximate surface area is 125 Å². The number of rotatable bonds is 6. The van der Waals surface area contributed by atoms with Crippen LogP contribution in [0.1, 0.15) is 43.0 Å². The first-order valence-electron chi connectivity index (χ1n) is 7.07. The molecule has 1 aromatic rings. The van der Waals surface area contributed by atoms with Crippen LogP contribution in [0.4, 0.5) is 0 Å². The molecular weight excluding hydrogens is 294 g/mol. The number of hydrogen-bond donors (Lipinski definition) is 1. The van der Waals surface area contributed by atoms with Crippen molar-refractivity contribution >= 4 is 21.4 Å². The summed E-state index contributed by atoms with van der Waals surface area (Å²) in [6.07, 6.45) is 2.64. The molecule has 2 heterocycles. The molecule has 0 aliphatic carbocycles. The highest BCUT2D eigenvalue weighted by Gasteiger charge is 2.32. The number of nitrogens with one attached hydrogen (secondary N) is 1. The summed E-state index contributed by atoms with van der Waals surface area (Å²) in [5.74, 6) is 0.453. The minimum absolute atomic E-state index is 0.278. The number of nitrogens with zero attached hydrogens (tertiary/aromatic N) is 2. The van der Waals surface area contributed by atoms with Crippen molar-refractivity contribution in [3.8, 4) is 0 Å². The Kier molecular flexibility index (Phi) is 5.17. The molecule has 114 valence electrons. The molecule has 5 nitrogen and oxygen atoms in total. The van der Waals surface area contributed by atoms with Crippen molar-refractivity contribution in [3.63, 3.8) is 0 Å². The molecule has 2 rings (SSSR count). The van der Waals surface area contributed by atoms with E-state index in [1.165, 1.54) is 4.88 Å². The van der Waals surface area contributed by atoms with Gasteiger partial charge in [-0.05, 0) is 13.0 Å². The van der Waals surface area contributed by atoms with Gasteiger partial charge < -0.3 is 0 Å². The molecule has 0 saturated carbocycles. The Bertz CT molecular complexity index is 540. The summed E-state index contributed by atoms with van der Waals surface area (Å²) in [7, 11) is -3.15. The predicted molar refractivity (Wildman–Crippen MR) is 82.5 cm³/mol. The lowest BCUT2D eigenvalue weighted by atomic mass is 10.2. The van der Waals surface area contributed by atoms with Crippen LogP contribution in [0.25, 0.3) is 0 Å². The highest BCUT2D eigenvalue weighted by Crippen LogP contribution is 2.24. The second-order valence-electron chi connectivity index (χ2n) is 5.51. The fourth-order valence-electron chi connectivity index (χ4n) is 2.40. The van der Waals surface area contributed by atoms with E-state index < -0.39 is 10.0 Å². The molecule has 7 heteroatoms. The third kappa shape index (κ3) is 3.78. The van der Waals surface area contributed by atoms with Gasteiger partial charge in [0.05, 0.1) is 10.3 Å². The monoisotopic (exact) mass is 317 g/mol. The van der Waals surface area contributed by atoms with Gasteiger partial charge in [0.15, 0.2) is 0 Å². The summed E-state index contributed by atoms with van der Waals surface area (Å²) in [4.78, 5) is 7.84. The zero-order valence-corrected chi connectivity index (χ0v) is 13.9. The van der Waals surface area contributed by atoms with Crippen molar-refractivity contribution < 1.29 is 8.42 Å². The van der Waals surface area contributed by atoms with E-state index in [-0.39, 0.29) is 5.25 Å². The third-order valence-corrected chi connectivity index (χ3v) is 6.69. The molecule has 1 aliphatic heterocycles. The molecule has 0 spiro atoms. The fraction of sp³-hybridized carbons (Fsp3) is 0.769. The van der Waals surface area contributed by atoms with Gasteiger partial charge in [-0.25, -0.2) is 18.1 Å². The van der Waals surface area contributed by atoms with E-state index in [1.54, 1.807) is 11.3 Å². The summed E-state index contributed by atoms with van der Waals surface area (Å²) in [6.45, 7) is 8.81. The summed E-state index contributed by atoms with van der Waals surface area (Å²) in [5, 5.41) is 0.871. The van der Waals surface area contributed by atoms with Crippen molar-refractivity contribution in [2.45, 2.75) is 44.9 Å². The van der Waals surface area contributed by atoms with E-state index in [4.69, 9.17) is 0 Å². The zero-order chi connectivity index (χ0) is 14.8. The van der Waals surface area contributed by atoms with Crippen molar-refractivity contribution in [2.75, 3.05) is 19.6 Å². The Morgan fingerprint density at radius 3 is 2.90 bits per heavy atom. The van der Waals surface area contributed by atoms with Crippen LogP contribution in [0.5, 0.6) is 0 Å². The summed E-state index contributed by atoms with van der Waals surface area (Å²) >= 11 is 1.73. The van der Waals surface area contributed by atoms with E-state index >= 15 is 0 Å². The largest absolute Gasteiger partial charge is 0.297 e. The minimum Gasteiger partial charge on any atom is -0.297 e. The zero-order valence-electron chi connectivity index (χ0n) is 12.3. The summed E-state index contributed by atoms with van der Waals surface area (Å²) in [6, 6.07) is 0. The third-order valence-electron chi connectivity index (χ3n) is 3.46. The molecule has 1 saturated heterocycles. The smallest absolute Gasteiger partial charge is 0.215 e. The van der Waals surface area contributed by atoms with Crippen molar-refractivity contribution in [1.29, 1.82) is 0 Å². The summed E-state index contributed by atoms with van der Waals surface area (Å²) < 4.78 is 26.6. The number of thiazole rings is 1. The Hall–Kier alpha value is -0.500. The Morgan fingerprint density at radius 1 is 1.55 bits per heavy atom. The van der Waals surface area contributed by atoms with Gasteiger partial charge in [0, 0.05) is 36.6 Å². The van der Waals surface area contributed by atoms with Crippen molar-refractivity contribution in [2.24, 2.45) is 0 Å². The van der Waals surface area contributed by atoms with Crippen LogP contribution in [0.15, 0.2) is 6.20 Å². The molecule has 1 N–H and O–H groups in total. The molecule has 1 aliphatic rings. The average molecular weight is 317 g/mol. The SMILES string of the molecule is CCNS(=O)(=O)[C@@H]1CCN(Cc2cnc(C(C)C)s2)C1. The van der Waals surface area contributed by atoms with Gasteiger partial charge >= 0.3 is 0 Å². The Balaban J connectivity index is 1.93. The quantitative estimate of drug-likeness (QED) is 0.869. The van der Waals surface area contributed by atoms with Gasteiger partial charge in [-0.3, -0.25) is 4.90 Å². The van der Waals surface area contributed by atoms with E-state index in [0.29, 0.717) is 25.4 Å². The van der Waals surface area contributed by atoms with Crippen LogP contribution in [0, 0.1) is 0 Å². The molecule has 1 atom stereocenters. The van der Waals surface area contributed by atoms with E-state index in [1.807, 2.05) is 13.1 Å². The normalized spacial score (nSPS) is 20.9. The lowest BCUT2D eigenvalue weighted by molar-refractivity contribution is 0.334. The van der Waals surface area contributed by atoms with Crippen LogP contribution >= 0.6 is 11.3 Å². The highest BCUT2D eigenvalue weighted by molar-refractivity contribution is 7.90. The molecule has 0 amide bonds. The van der Waals surface area contributed by atoms with Gasteiger partial charge in [0.25, 0.3) is 0 Å². The van der Waals surface area contributed by atoms with Gasteiger partial charge in [-0.2, -0.15) is 0 Å². The first kappa shape index (κ1) is 15.9. The second kappa shape index (κ2) is 6.51. The minimum atomic E-state index is -3.15. The van der Waals surface area contributed by atoms with Crippen LogP contribution in [0.2, 0.25) is 0 Å². The molecule has 20 heavy (non-hydrogen) atoms. The molecule has 0 radical (unpaired) electrons. The fourth-order valence-corrected chi connectivity index (χ4v) is 4.82. The van der Waals surface area contributed by atoms with E-state index in [9.17, 15) is 8.42 Å². The van der Waals surface area contributed by atoms with Gasteiger partial charge in [0.2, 0.25) is 10.0 Å². The summed E-state index contributed by atoms with van der Waals surface area (Å²) in [5.41, 5.74) is 0. The van der Waals surface area contributed by atoms with Crippen LogP contribution < -0.4 is 4.72 Å². The van der Waals surface area contributed by atoms with Gasteiger partial charge in [-0.1, -0.05) is 20.8 Å². The lowest BCUT2D eigenvalue weighted by Crippen LogP contribution is -2.36.